The molecule has 0 spiro atoms. The molecule has 0 aliphatic rings. The van der Waals surface area contributed by atoms with E-state index in [0.29, 0.717) is 14.3 Å². The van der Waals surface area contributed by atoms with Crippen LogP contribution in [0.3, 0.4) is 0 Å². The molecular weight excluding hydrogens is 315 g/mol. The molecular formula is C21H29O2P. The molecule has 0 radical (unpaired) electrons. The van der Waals surface area contributed by atoms with Crippen LogP contribution >= 0.6 is 8.58 Å². The Balaban J connectivity index is 2.53. The van der Waals surface area contributed by atoms with Gasteiger partial charge in [0.05, 0.1) is 5.60 Å². The Morgan fingerprint density at radius 1 is 0.917 bits per heavy atom. The Hall–Kier alpha value is -1.37. The zero-order valence-electron chi connectivity index (χ0n) is 15.6. The first kappa shape index (κ1) is 19.0. The molecule has 2 aromatic carbocycles. The first-order valence-electron chi connectivity index (χ1n) is 8.48. The van der Waals surface area contributed by atoms with Gasteiger partial charge in [-0.3, -0.25) is 0 Å². The molecule has 2 atom stereocenters. The van der Waals surface area contributed by atoms with Gasteiger partial charge in [0.1, 0.15) is 5.75 Å². The van der Waals surface area contributed by atoms with Crippen LogP contribution in [0.2, 0.25) is 0 Å². The summed E-state index contributed by atoms with van der Waals surface area (Å²) in [6, 6.07) is 12.1. The van der Waals surface area contributed by atoms with E-state index in [-0.39, 0.29) is 5.16 Å². The fourth-order valence-corrected chi connectivity index (χ4v) is 4.79. The van der Waals surface area contributed by atoms with Crippen LogP contribution in [-0.4, -0.2) is 10.2 Å². The Bertz CT molecular complexity index is 731. The molecule has 0 saturated heterocycles. The molecule has 2 rings (SSSR count). The van der Waals surface area contributed by atoms with Gasteiger partial charge in [-0.2, -0.15) is 0 Å². The summed E-state index contributed by atoms with van der Waals surface area (Å²) in [6.07, 6.45) is 0.918. The fraction of sp³-hybridized carbons (Fsp3) is 0.429. The lowest BCUT2D eigenvalue weighted by atomic mass is 9.95. The Morgan fingerprint density at radius 3 is 2.00 bits per heavy atom. The molecule has 0 aromatic heterocycles. The number of benzene rings is 2. The van der Waals surface area contributed by atoms with Gasteiger partial charge in [0, 0.05) is 10.7 Å². The second-order valence-electron chi connectivity index (χ2n) is 7.44. The maximum atomic E-state index is 10.6. The minimum Gasteiger partial charge on any atom is -0.508 e. The first-order chi connectivity index (χ1) is 11.1. The summed E-state index contributed by atoms with van der Waals surface area (Å²) in [4.78, 5) is 0. The monoisotopic (exact) mass is 344 g/mol. The summed E-state index contributed by atoms with van der Waals surface area (Å²) in [6.45, 7) is 12.1. The molecule has 2 N–H and O–H groups in total. The summed E-state index contributed by atoms with van der Waals surface area (Å²) in [5.74, 6) is 0.356. The molecule has 0 aliphatic heterocycles. The van der Waals surface area contributed by atoms with Crippen molar-refractivity contribution in [1.29, 1.82) is 0 Å². The Morgan fingerprint density at radius 2 is 1.46 bits per heavy atom. The van der Waals surface area contributed by atoms with Gasteiger partial charge < -0.3 is 10.2 Å². The van der Waals surface area contributed by atoms with E-state index in [0.717, 1.165) is 28.7 Å². The molecule has 0 heterocycles. The third kappa shape index (κ3) is 3.99. The van der Waals surface area contributed by atoms with E-state index in [1.165, 1.54) is 5.30 Å². The standard InChI is InChI=1S/C21H29O2P/c1-7-21(6,16-12-14(2)8-10-18(16)22)24-19-11-9-15(3)13-17(19)20(4,5)23/h8-13,22-24H,7H2,1-6H3. The average molecular weight is 344 g/mol. The van der Waals surface area contributed by atoms with E-state index in [1.807, 2.05) is 26.8 Å². The van der Waals surface area contributed by atoms with Crippen molar-refractivity contribution in [3.8, 4) is 5.75 Å². The van der Waals surface area contributed by atoms with Gasteiger partial charge in [-0.1, -0.05) is 63.9 Å². The highest BCUT2D eigenvalue weighted by molar-refractivity contribution is 7.48. The van der Waals surface area contributed by atoms with Crippen molar-refractivity contribution < 1.29 is 10.2 Å². The predicted octanol–water partition coefficient (Wildman–Crippen LogP) is 4.87. The summed E-state index contributed by atoms with van der Waals surface area (Å²) in [7, 11) is 0.467. The molecule has 0 saturated carbocycles. The second kappa shape index (κ2) is 6.86. The van der Waals surface area contributed by atoms with Gasteiger partial charge in [0.25, 0.3) is 0 Å². The molecule has 24 heavy (non-hydrogen) atoms. The first-order valence-corrected chi connectivity index (χ1v) is 9.48. The Kier molecular flexibility index (Phi) is 5.42. The van der Waals surface area contributed by atoms with Crippen LogP contribution in [-0.2, 0) is 10.8 Å². The van der Waals surface area contributed by atoms with Crippen molar-refractivity contribution >= 4 is 13.9 Å². The van der Waals surface area contributed by atoms with E-state index in [2.05, 4.69) is 45.0 Å². The van der Waals surface area contributed by atoms with E-state index in [4.69, 9.17) is 0 Å². The van der Waals surface area contributed by atoms with Gasteiger partial charge in [-0.05, 0) is 51.1 Å². The lowest BCUT2D eigenvalue weighted by Gasteiger charge is -2.33. The smallest absolute Gasteiger partial charge is 0.119 e. The largest absolute Gasteiger partial charge is 0.508 e. The highest BCUT2D eigenvalue weighted by Gasteiger charge is 2.31. The van der Waals surface area contributed by atoms with Crippen LogP contribution in [0, 0.1) is 13.8 Å². The number of phenols is 1. The summed E-state index contributed by atoms with van der Waals surface area (Å²) >= 11 is 0. The predicted molar refractivity (Wildman–Crippen MR) is 105 cm³/mol. The van der Waals surface area contributed by atoms with Crippen molar-refractivity contribution in [2.75, 3.05) is 0 Å². The summed E-state index contributed by atoms with van der Waals surface area (Å²) in [5.41, 5.74) is 3.40. The van der Waals surface area contributed by atoms with Crippen LogP contribution in [0.4, 0.5) is 0 Å². The van der Waals surface area contributed by atoms with E-state index in [1.54, 1.807) is 6.07 Å². The fourth-order valence-electron chi connectivity index (χ4n) is 3.01. The molecule has 2 aromatic rings. The van der Waals surface area contributed by atoms with Crippen LogP contribution < -0.4 is 5.30 Å². The van der Waals surface area contributed by atoms with Gasteiger partial charge in [-0.15, -0.1) is 0 Å². The molecule has 3 heteroatoms. The van der Waals surface area contributed by atoms with Gasteiger partial charge >= 0.3 is 0 Å². The minimum atomic E-state index is -0.877. The topological polar surface area (TPSA) is 40.5 Å². The normalized spacial score (nSPS) is 15.0. The van der Waals surface area contributed by atoms with E-state index >= 15 is 0 Å². The van der Waals surface area contributed by atoms with E-state index < -0.39 is 5.60 Å². The van der Waals surface area contributed by atoms with Crippen molar-refractivity contribution in [2.45, 2.75) is 58.7 Å². The second-order valence-corrected chi connectivity index (χ2v) is 9.33. The lowest BCUT2D eigenvalue weighted by molar-refractivity contribution is 0.0796. The SMILES string of the molecule is CCC(C)(Pc1ccc(C)cc1C(C)(C)O)c1cc(C)ccc1O. The third-order valence-electron chi connectivity index (χ3n) is 4.70. The Labute approximate surface area is 147 Å². The lowest BCUT2D eigenvalue weighted by Crippen LogP contribution is -2.27. The number of aliphatic hydroxyl groups is 1. The molecule has 130 valence electrons. The van der Waals surface area contributed by atoms with Crippen LogP contribution in [0.15, 0.2) is 36.4 Å². The number of hydrogen-bond donors (Lipinski definition) is 2. The number of phenolic OH excluding ortho intramolecular Hbond substituents is 1. The van der Waals surface area contributed by atoms with Crippen LogP contribution in [0.25, 0.3) is 0 Å². The van der Waals surface area contributed by atoms with Gasteiger partial charge in [0.15, 0.2) is 0 Å². The molecule has 2 nitrogen and oxygen atoms in total. The average Bonchev–Trinajstić information content (AvgIpc) is 2.50. The summed E-state index contributed by atoms with van der Waals surface area (Å²) < 4.78 is 0. The number of aromatic hydroxyl groups is 1. The van der Waals surface area contributed by atoms with E-state index in [9.17, 15) is 10.2 Å². The molecule has 0 amide bonds. The van der Waals surface area contributed by atoms with Crippen LogP contribution in [0.5, 0.6) is 5.75 Å². The number of rotatable bonds is 5. The molecule has 2 unspecified atom stereocenters. The molecule has 0 bridgehead atoms. The van der Waals surface area contributed by atoms with Gasteiger partial charge in [-0.25, -0.2) is 0 Å². The molecule has 0 aliphatic carbocycles. The minimum absolute atomic E-state index is 0.161. The maximum Gasteiger partial charge on any atom is 0.119 e. The quantitative estimate of drug-likeness (QED) is 0.760. The number of aryl methyl sites for hydroxylation is 2. The third-order valence-corrected chi connectivity index (χ3v) is 6.58. The van der Waals surface area contributed by atoms with Crippen molar-refractivity contribution in [3.63, 3.8) is 0 Å². The van der Waals surface area contributed by atoms with Crippen molar-refractivity contribution in [1.82, 2.24) is 0 Å². The van der Waals surface area contributed by atoms with Crippen molar-refractivity contribution in [2.24, 2.45) is 0 Å². The van der Waals surface area contributed by atoms with Crippen molar-refractivity contribution in [3.05, 3.63) is 58.7 Å². The molecule has 0 fully saturated rings. The highest BCUT2D eigenvalue weighted by atomic mass is 31.1. The van der Waals surface area contributed by atoms with Gasteiger partial charge in [0.2, 0.25) is 0 Å². The van der Waals surface area contributed by atoms with Crippen LogP contribution in [0.1, 0.15) is 56.4 Å². The number of hydrogen-bond acceptors (Lipinski definition) is 2. The highest BCUT2D eigenvalue weighted by Crippen LogP contribution is 2.48. The zero-order chi connectivity index (χ0) is 18.1. The summed E-state index contributed by atoms with van der Waals surface area (Å²) in [5, 5.41) is 22.0. The maximum absolute atomic E-state index is 10.6. The zero-order valence-corrected chi connectivity index (χ0v) is 16.6.